The lowest BCUT2D eigenvalue weighted by atomic mass is 9.98. The fourth-order valence-electron chi connectivity index (χ4n) is 4.71. The molecular weight excluding hydrogens is 448 g/mol. The summed E-state index contributed by atoms with van der Waals surface area (Å²) in [6, 6.07) is 8.28. The molecule has 2 aliphatic heterocycles. The van der Waals surface area contributed by atoms with Gasteiger partial charge in [-0.25, -0.2) is 9.78 Å². The van der Waals surface area contributed by atoms with Crippen LogP contribution in [0.5, 0.6) is 5.75 Å². The van der Waals surface area contributed by atoms with E-state index >= 15 is 0 Å². The first-order chi connectivity index (χ1) is 16.3. The van der Waals surface area contributed by atoms with E-state index in [1.165, 1.54) is 16.4 Å². The summed E-state index contributed by atoms with van der Waals surface area (Å²) in [4.78, 5) is 24.1. The quantitative estimate of drug-likeness (QED) is 0.594. The molecular formula is C26H38N4O3S. The predicted molar refractivity (Wildman–Crippen MR) is 137 cm³/mol. The minimum atomic E-state index is -0.449. The molecule has 2 aliphatic rings. The van der Waals surface area contributed by atoms with Gasteiger partial charge in [-0.15, -0.1) is 11.3 Å². The first kappa shape index (κ1) is 24.8. The van der Waals surface area contributed by atoms with Crippen molar-refractivity contribution >= 4 is 23.1 Å². The van der Waals surface area contributed by atoms with Gasteiger partial charge in [-0.2, -0.15) is 0 Å². The van der Waals surface area contributed by atoms with E-state index in [-0.39, 0.29) is 6.09 Å². The van der Waals surface area contributed by atoms with Crippen LogP contribution >= 0.6 is 11.3 Å². The van der Waals surface area contributed by atoms with Crippen LogP contribution in [-0.4, -0.2) is 72.9 Å². The Morgan fingerprint density at radius 2 is 1.85 bits per heavy atom. The van der Waals surface area contributed by atoms with Gasteiger partial charge in [0.1, 0.15) is 11.4 Å². The van der Waals surface area contributed by atoms with E-state index in [0.29, 0.717) is 5.92 Å². The molecule has 0 N–H and O–H groups in total. The highest BCUT2D eigenvalue weighted by atomic mass is 32.1. The molecule has 3 heterocycles. The van der Waals surface area contributed by atoms with Gasteiger partial charge in [0.15, 0.2) is 0 Å². The molecule has 0 spiro atoms. The van der Waals surface area contributed by atoms with Crippen molar-refractivity contribution in [2.45, 2.75) is 58.1 Å². The van der Waals surface area contributed by atoms with Crippen LogP contribution < -0.4 is 9.64 Å². The largest absolute Gasteiger partial charge is 0.495 e. The molecule has 0 bridgehead atoms. The van der Waals surface area contributed by atoms with Crippen molar-refractivity contribution < 1.29 is 14.3 Å². The summed E-state index contributed by atoms with van der Waals surface area (Å²) in [5.74, 6) is 1.38. The van der Waals surface area contributed by atoms with Crippen LogP contribution in [0.15, 0.2) is 29.6 Å². The SMILES string of the molecule is COc1ccccc1N1CCCN(Cc2csc(C3CCN(C(=O)OC(C)(C)C)CC3)n2)CC1. The Kier molecular flexibility index (Phi) is 7.99. The molecule has 1 aromatic carbocycles. The first-order valence-corrected chi connectivity index (χ1v) is 13.2. The van der Waals surface area contributed by atoms with Crippen molar-refractivity contribution in [2.75, 3.05) is 51.3 Å². The molecule has 7 nitrogen and oxygen atoms in total. The lowest BCUT2D eigenvalue weighted by Crippen LogP contribution is -2.41. The van der Waals surface area contributed by atoms with Gasteiger partial charge in [0.05, 0.1) is 23.5 Å². The lowest BCUT2D eigenvalue weighted by Gasteiger charge is -2.32. The van der Waals surface area contributed by atoms with Gasteiger partial charge in [-0.05, 0) is 52.2 Å². The van der Waals surface area contributed by atoms with Crippen molar-refractivity contribution in [1.29, 1.82) is 0 Å². The molecule has 186 valence electrons. The third-order valence-corrected chi connectivity index (χ3v) is 7.52. The number of piperidine rings is 1. The highest BCUT2D eigenvalue weighted by Gasteiger charge is 2.29. The molecule has 1 amide bonds. The number of methoxy groups -OCH3 is 1. The standard InChI is InChI=1S/C26H38N4O3S/c1-26(2,3)33-25(31)30-14-10-20(11-15-30)24-27-21(19-34-24)18-28-12-7-13-29(17-16-28)22-8-5-6-9-23(22)32-4/h5-6,8-9,19-20H,7,10-18H2,1-4H3. The van der Waals surface area contributed by atoms with Crippen LogP contribution in [0.4, 0.5) is 10.5 Å². The molecule has 34 heavy (non-hydrogen) atoms. The number of para-hydroxylation sites is 2. The fraction of sp³-hybridized carbons (Fsp3) is 0.615. The molecule has 0 aliphatic carbocycles. The predicted octanol–water partition coefficient (Wildman–Crippen LogP) is 4.98. The highest BCUT2D eigenvalue weighted by Crippen LogP contribution is 2.32. The summed E-state index contributed by atoms with van der Waals surface area (Å²) >= 11 is 1.77. The second kappa shape index (κ2) is 11.0. The average molecular weight is 487 g/mol. The average Bonchev–Trinajstić information content (AvgIpc) is 3.16. The van der Waals surface area contributed by atoms with Crippen LogP contribution in [-0.2, 0) is 11.3 Å². The van der Waals surface area contributed by atoms with Gasteiger partial charge in [0, 0.05) is 57.1 Å². The number of ether oxygens (including phenoxy) is 2. The Balaban J connectivity index is 1.28. The van der Waals surface area contributed by atoms with Crippen LogP contribution in [0.1, 0.15) is 56.7 Å². The lowest BCUT2D eigenvalue weighted by molar-refractivity contribution is 0.0204. The topological polar surface area (TPSA) is 58.1 Å². The Labute approximate surface area is 207 Å². The monoisotopic (exact) mass is 486 g/mol. The number of aromatic nitrogens is 1. The second-order valence-electron chi connectivity index (χ2n) is 10.2. The van der Waals surface area contributed by atoms with Crippen LogP contribution in [0, 0.1) is 0 Å². The van der Waals surface area contributed by atoms with E-state index < -0.39 is 5.60 Å². The van der Waals surface area contributed by atoms with Gasteiger partial charge in [-0.3, -0.25) is 4.90 Å². The van der Waals surface area contributed by atoms with Gasteiger partial charge >= 0.3 is 6.09 Å². The Morgan fingerprint density at radius 1 is 1.09 bits per heavy atom. The fourth-order valence-corrected chi connectivity index (χ4v) is 5.69. The maximum Gasteiger partial charge on any atom is 0.410 e. The summed E-state index contributed by atoms with van der Waals surface area (Å²) < 4.78 is 11.1. The number of anilines is 1. The maximum atomic E-state index is 12.3. The van der Waals surface area contributed by atoms with Gasteiger partial charge in [0.25, 0.3) is 0 Å². The van der Waals surface area contributed by atoms with E-state index in [9.17, 15) is 4.79 Å². The number of likely N-dealkylation sites (tertiary alicyclic amines) is 1. The third kappa shape index (κ3) is 6.42. The number of benzene rings is 1. The number of carbonyl (C=O) groups excluding carboxylic acids is 1. The Morgan fingerprint density at radius 3 is 2.59 bits per heavy atom. The van der Waals surface area contributed by atoms with Crippen molar-refractivity contribution in [2.24, 2.45) is 0 Å². The number of carbonyl (C=O) groups is 1. The number of hydrogen-bond acceptors (Lipinski definition) is 7. The summed E-state index contributed by atoms with van der Waals surface area (Å²) in [7, 11) is 1.74. The van der Waals surface area contributed by atoms with Crippen LogP contribution in [0.25, 0.3) is 0 Å². The van der Waals surface area contributed by atoms with Gasteiger partial charge in [-0.1, -0.05) is 12.1 Å². The normalized spacial score (nSPS) is 18.6. The van der Waals surface area contributed by atoms with Gasteiger partial charge in [0.2, 0.25) is 0 Å². The first-order valence-electron chi connectivity index (χ1n) is 12.3. The van der Waals surface area contributed by atoms with E-state index in [1.807, 2.05) is 37.8 Å². The number of thiazole rings is 1. The van der Waals surface area contributed by atoms with E-state index in [2.05, 4.69) is 27.3 Å². The molecule has 0 radical (unpaired) electrons. The molecule has 1 aromatic heterocycles. The van der Waals surface area contributed by atoms with E-state index in [4.69, 9.17) is 14.5 Å². The number of hydrogen-bond donors (Lipinski definition) is 0. The number of amides is 1. The van der Waals surface area contributed by atoms with E-state index in [1.54, 1.807) is 18.4 Å². The molecule has 0 atom stereocenters. The summed E-state index contributed by atoms with van der Waals surface area (Å²) in [5, 5.41) is 3.43. The minimum absolute atomic E-state index is 0.200. The highest BCUT2D eigenvalue weighted by molar-refractivity contribution is 7.09. The molecule has 0 saturated carbocycles. The number of rotatable bonds is 5. The molecule has 4 rings (SSSR count). The number of nitrogens with zero attached hydrogens (tertiary/aromatic N) is 4. The van der Waals surface area contributed by atoms with E-state index in [0.717, 1.165) is 70.8 Å². The van der Waals surface area contributed by atoms with Crippen LogP contribution in [0.3, 0.4) is 0 Å². The maximum absolute atomic E-state index is 12.3. The molecule has 2 fully saturated rings. The smallest absolute Gasteiger partial charge is 0.410 e. The van der Waals surface area contributed by atoms with Crippen molar-refractivity contribution in [3.63, 3.8) is 0 Å². The summed E-state index contributed by atoms with van der Waals surface area (Å²) in [6.07, 6.45) is 2.82. The Bertz CT molecular complexity index is 950. The summed E-state index contributed by atoms with van der Waals surface area (Å²) in [6.45, 7) is 12.2. The Hall–Kier alpha value is -2.32. The van der Waals surface area contributed by atoms with Gasteiger partial charge < -0.3 is 19.3 Å². The zero-order valence-corrected chi connectivity index (χ0v) is 21.8. The van der Waals surface area contributed by atoms with Crippen molar-refractivity contribution in [1.82, 2.24) is 14.8 Å². The zero-order valence-electron chi connectivity index (χ0n) is 21.0. The van der Waals surface area contributed by atoms with Crippen molar-refractivity contribution in [3.8, 4) is 5.75 Å². The van der Waals surface area contributed by atoms with Crippen LogP contribution in [0.2, 0.25) is 0 Å². The molecule has 0 unspecified atom stereocenters. The summed E-state index contributed by atoms with van der Waals surface area (Å²) in [5.41, 5.74) is 1.90. The molecule has 2 saturated heterocycles. The minimum Gasteiger partial charge on any atom is -0.495 e. The second-order valence-corrected chi connectivity index (χ2v) is 11.1. The third-order valence-electron chi connectivity index (χ3n) is 6.47. The zero-order chi connectivity index (χ0) is 24.1. The molecule has 8 heteroatoms. The molecule has 2 aromatic rings. The van der Waals surface area contributed by atoms with Crippen molar-refractivity contribution in [3.05, 3.63) is 40.3 Å².